The van der Waals surface area contributed by atoms with Crippen LogP contribution in [0.15, 0.2) is 52.1 Å². The van der Waals surface area contributed by atoms with Crippen molar-refractivity contribution in [2.45, 2.75) is 11.8 Å². The normalized spacial score (nSPS) is 12.0. The number of benzene rings is 2. The van der Waals surface area contributed by atoms with Gasteiger partial charge < -0.3 is 23.9 Å². The minimum Gasteiger partial charge on any atom is -0.497 e. The standard InChI is InChI=1S/C19H17N3O5S/c1-24-14-4-2-3-12(7-14)9-20-17(23)10-28-19-22-21-18(27-19)13-5-6-15-16(8-13)26-11-25-15/h2-8H,9-11H2,1H3,(H,20,23). The van der Waals surface area contributed by atoms with E-state index >= 15 is 0 Å². The van der Waals surface area contributed by atoms with Crippen LogP contribution in [0.4, 0.5) is 0 Å². The van der Waals surface area contributed by atoms with Crippen molar-refractivity contribution >= 4 is 17.7 Å². The van der Waals surface area contributed by atoms with Crippen molar-refractivity contribution in [3.05, 3.63) is 48.0 Å². The van der Waals surface area contributed by atoms with Gasteiger partial charge in [-0.15, -0.1) is 10.2 Å². The maximum Gasteiger partial charge on any atom is 0.277 e. The third kappa shape index (κ3) is 4.20. The molecular weight excluding hydrogens is 382 g/mol. The highest BCUT2D eigenvalue weighted by Crippen LogP contribution is 2.35. The number of carbonyl (C=O) groups excluding carboxylic acids is 1. The average Bonchev–Trinajstić information content (AvgIpc) is 3.39. The molecule has 3 aromatic rings. The summed E-state index contributed by atoms with van der Waals surface area (Å²) in [4.78, 5) is 12.1. The molecule has 9 heteroatoms. The third-order valence-electron chi connectivity index (χ3n) is 3.98. The zero-order chi connectivity index (χ0) is 19.3. The molecule has 0 saturated carbocycles. The second-order valence-electron chi connectivity index (χ2n) is 5.86. The Bertz CT molecular complexity index is 991. The Labute approximate surface area is 165 Å². The summed E-state index contributed by atoms with van der Waals surface area (Å²) in [6.07, 6.45) is 0. The first-order valence-electron chi connectivity index (χ1n) is 8.47. The molecule has 1 N–H and O–H groups in total. The summed E-state index contributed by atoms with van der Waals surface area (Å²) in [7, 11) is 1.61. The number of hydrogen-bond donors (Lipinski definition) is 1. The Kier molecular flexibility index (Phi) is 5.34. The van der Waals surface area contributed by atoms with Crippen LogP contribution in [0.3, 0.4) is 0 Å². The fourth-order valence-electron chi connectivity index (χ4n) is 2.58. The molecule has 0 atom stereocenters. The van der Waals surface area contributed by atoms with E-state index in [1.807, 2.05) is 30.3 Å². The van der Waals surface area contributed by atoms with Gasteiger partial charge in [0.15, 0.2) is 11.5 Å². The van der Waals surface area contributed by atoms with Gasteiger partial charge in [0.25, 0.3) is 5.22 Å². The van der Waals surface area contributed by atoms with Gasteiger partial charge in [0.1, 0.15) is 5.75 Å². The average molecular weight is 399 g/mol. The summed E-state index contributed by atoms with van der Waals surface area (Å²) in [6, 6.07) is 12.9. The van der Waals surface area contributed by atoms with Gasteiger partial charge in [-0.2, -0.15) is 0 Å². The molecular formula is C19H17N3O5S. The fraction of sp³-hybridized carbons (Fsp3) is 0.211. The van der Waals surface area contributed by atoms with Crippen molar-refractivity contribution in [2.24, 2.45) is 0 Å². The van der Waals surface area contributed by atoms with Gasteiger partial charge in [0, 0.05) is 12.1 Å². The van der Waals surface area contributed by atoms with Crippen molar-refractivity contribution in [1.82, 2.24) is 15.5 Å². The summed E-state index contributed by atoms with van der Waals surface area (Å²) in [6.45, 7) is 0.622. The molecule has 1 aromatic heterocycles. The van der Waals surface area contributed by atoms with Crippen molar-refractivity contribution < 1.29 is 23.4 Å². The minimum absolute atomic E-state index is 0.129. The van der Waals surface area contributed by atoms with Crippen LogP contribution in [0.1, 0.15) is 5.56 Å². The molecule has 144 valence electrons. The van der Waals surface area contributed by atoms with Crippen LogP contribution < -0.4 is 19.5 Å². The highest BCUT2D eigenvalue weighted by molar-refractivity contribution is 7.99. The lowest BCUT2D eigenvalue weighted by Gasteiger charge is -2.06. The van der Waals surface area contributed by atoms with Crippen LogP contribution in [-0.4, -0.2) is 35.8 Å². The maximum absolute atomic E-state index is 12.1. The lowest BCUT2D eigenvalue weighted by atomic mass is 10.2. The number of nitrogens with one attached hydrogen (secondary N) is 1. The molecule has 0 radical (unpaired) electrons. The number of methoxy groups -OCH3 is 1. The summed E-state index contributed by atoms with van der Waals surface area (Å²) >= 11 is 1.18. The quantitative estimate of drug-likeness (QED) is 0.606. The Hall–Kier alpha value is -3.20. The van der Waals surface area contributed by atoms with E-state index in [0.29, 0.717) is 29.2 Å². The van der Waals surface area contributed by atoms with E-state index in [9.17, 15) is 4.79 Å². The summed E-state index contributed by atoms with van der Waals surface area (Å²) in [5, 5.41) is 11.2. The zero-order valence-corrected chi connectivity index (χ0v) is 15.8. The van der Waals surface area contributed by atoms with E-state index in [4.69, 9.17) is 18.6 Å². The van der Waals surface area contributed by atoms with E-state index in [-0.39, 0.29) is 18.5 Å². The van der Waals surface area contributed by atoms with Gasteiger partial charge in [-0.05, 0) is 35.9 Å². The molecule has 4 rings (SSSR count). The first kappa shape index (κ1) is 18.2. The van der Waals surface area contributed by atoms with Crippen molar-refractivity contribution in [2.75, 3.05) is 19.7 Å². The minimum atomic E-state index is -0.129. The highest BCUT2D eigenvalue weighted by Gasteiger charge is 2.17. The number of thioether (sulfide) groups is 1. The number of aromatic nitrogens is 2. The van der Waals surface area contributed by atoms with Gasteiger partial charge in [0.05, 0.1) is 12.9 Å². The van der Waals surface area contributed by atoms with Gasteiger partial charge in [-0.1, -0.05) is 23.9 Å². The Morgan fingerprint density at radius 2 is 2.07 bits per heavy atom. The van der Waals surface area contributed by atoms with Gasteiger partial charge >= 0.3 is 0 Å². The molecule has 1 aliphatic rings. The zero-order valence-electron chi connectivity index (χ0n) is 15.0. The second-order valence-corrected chi connectivity index (χ2v) is 6.78. The molecule has 2 heterocycles. The molecule has 0 unspecified atom stereocenters. The van der Waals surface area contributed by atoms with Crippen LogP contribution in [0.2, 0.25) is 0 Å². The number of ether oxygens (including phenoxy) is 3. The monoisotopic (exact) mass is 399 g/mol. The van der Waals surface area contributed by atoms with Crippen LogP contribution >= 0.6 is 11.8 Å². The fourth-order valence-corrected chi connectivity index (χ4v) is 3.17. The lowest BCUT2D eigenvalue weighted by Crippen LogP contribution is -2.24. The van der Waals surface area contributed by atoms with Crippen LogP contribution in [-0.2, 0) is 11.3 Å². The maximum atomic E-state index is 12.1. The predicted octanol–water partition coefficient (Wildman–Crippen LogP) is 2.88. The van der Waals surface area contributed by atoms with Gasteiger partial charge in [0.2, 0.25) is 18.6 Å². The first-order chi connectivity index (χ1) is 13.7. The molecule has 0 fully saturated rings. The molecule has 0 saturated heterocycles. The number of amides is 1. The molecule has 0 aliphatic carbocycles. The van der Waals surface area contributed by atoms with Crippen molar-refractivity contribution in [3.8, 4) is 28.7 Å². The topological polar surface area (TPSA) is 95.7 Å². The van der Waals surface area contributed by atoms with E-state index < -0.39 is 0 Å². The summed E-state index contributed by atoms with van der Waals surface area (Å²) in [5.41, 5.74) is 1.69. The van der Waals surface area contributed by atoms with E-state index in [0.717, 1.165) is 16.9 Å². The Morgan fingerprint density at radius 1 is 1.18 bits per heavy atom. The van der Waals surface area contributed by atoms with Crippen LogP contribution in [0.5, 0.6) is 17.2 Å². The van der Waals surface area contributed by atoms with E-state index in [1.165, 1.54) is 11.8 Å². The first-order valence-corrected chi connectivity index (χ1v) is 9.46. The molecule has 1 amide bonds. The predicted molar refractivity (Wildman–Crippen MR) is 101 cm³/mol. The second kappa shape index (κ2) is 8.22. The number of hydrogen-bond acceptors (Lipinski definition) is 8. The van der Waals surface area contributed by atoms with Crippen LogP contribution in [0, 0.1) is 0 Å². The molecule has 2 aromatic carbocycles. The molecule has 8 nitrogen and oxygen atoms in total. The largest absolute Gasteiger partial charge is 0.497 e. The number of carbonyl (C=O) groups is 1. The smallest absolute Gasteiger partial charge is 0.277 e. The summed E-state index contributed by atoms with van der Waals surface area (Å²) < 4.78 is 21.4. The molecule has 1 aliphatic heterocycles. The van der Waals surface area contributed by atoms with Gasteiger partial charge in [-0.3, -0.25) is 4.79 Å². The summed E-state index contributed by atoms with van der Waals surface area (Å²) in [5.74, 6) is 2.48. The van der Waals surface area contributed by atoms with Crippen molar-refractivity contribution in [3.63, 3.8) is 0 Å². The number of rotatable bonds is 7. The molecule has 0 bridgehead atoms. The van der Waals surface area contributed by atoms with E-state index in [2.05, 4.69) is 15.5 Å². The number of nitrogens with zero attached hydrogens (tertiary/aromatic N) is 2. The van der Waals surface area contributed by atoms with Crippen molar-refractivity contribution in [1.29, 1.82) is 0 Å². The SMILES string of the molecule is COc1cccc(CNC(=O)CSc2nnc(-c3ccc4c(c3)OCO4)o2)c1. The third-order valence-corrected chi connectivity index (χ3v) is 4.80. The molecule has 28 heavy (non-hydrogen) atoms. The lowest BCUT2D eigenvalue weighted by molar-refractivity contribution is -0.118. The van der Waals surface area contributed by atoms with Gasteiger partial charge in [-0.25, -0.2) is 0 Å². The Morgan fingerprint density at radius 3 is 2.96 bits per heavy atom. The number of fused-ring (bicyclic) bond motifs is 1. The highest BCUT2D eigenvalue weighted by atomic mass is 32.2. The van der Waals surface area contributed by atoms with Crippen LogP contribution in [0.25, 0.3) is 11.5 Å². The molecule has 0 spiro atoms. The van der Waals surface area contributed by atoms with E-state index in [1.54, 1.807) is 19.2 Å². The Balaban J connectivity index is 1.30.